The monoisotopic (exact) mass is 333 g/mol. The number of thiophene rings is 1. The zero-order valence-corrected chi connectivity index (χ0v) is 14.2. The van der Waals surface area contributed by atoms with Crippen molar-refractivity contribution in [1.29, 1.82) is 0 Å². The minimum Gasteiger partial charge on any atom is -0.369 e. The van der Waals surface area contributed by atoms with Crippen molar-refractivity contribution in [3.8, 4) is 0 Å². The van der Waals surface area contributed by atoms with Gasteiger partial charge in [-0.3, -0.25) is 0 Å². The second-order valence-electron chi connectivity index (χ2n) is 6.44. The van der Waals surface area contributed by atoms with E-state index in [4.69, 9.17) is 16.3 Å². The van der Waals surface area contributed by atoms with Gasteiger partial charge in [0.05, 0.1) is 10.9 Å². The summed E-state index contributed by atoms with van der Waals surface area (Å²) in [5.41, 5.74) is 2.56. The van der Waals surface area contributed by atoms with E-state index in [1.54, 1.807) is 11.3 Å². The van der Waals surface area contributed by atoms with Crippen LogP contribution in [-0.4, -0.2) is 12.6 Å². The Kier molecular flexibility index (Phi) is 3.77. The van der Waals surface area contributed by atoms with Crippen LogP contribution in [0.4, 0.5) is 0 Å². The number of piperidine rings is 1. The summed E-state index contributed by atoms with van der Waals surface area (Å²) in [4.78, 5) is 1.36. The number of nitrogens with one attached hydrogen (secondary N) is 1. The van der Waals surface area contributed by atoms with Gasteiger partial charge in [-0.2, -0.15) is 0 Å². The zero-order chi connectivity index (χ0) is 15.2. The molecule has 2 nitrogen and oxygen atoms in total. The molecule has 22 heavy (non-hydrogen) atoms. The zero-order valence-electron chi connectivity index (χ0n) is 12.6. The summed E-state index contributed by atoms with van der Waals surface area (Å²) >= 11 is 8.00. The Morgan fingerprint density at radius 1 is 1.27 bits per heavy atom. The molecule has 0 unspecified atom stereocenters. The fourth-order valence-electron chi connectivity index (χ4n) is 3.96. The van der Waals surface area contributed by atoms with Crippen molar-refractivity contribution in [3.05, 3.63) is 56.7 Å². The van der Waals surface area contributed by atoms with Crippen molar-refractivity contribution in [1.82, 2.24) is 5.32 Å². The largest absolute Gasteiger partial charge is 0.369 e. The normalized spacial score (nSPS) is 31.2. The minimum atomic E-state index is -0.170. The van der Waals surface area contributed by atoms with E-state index in [0.717, 1.165) is 30.2 Å². The maximum atomic E-state index is 6.38. The first-order valence-corrected chi connectivity index (χ1v) is 9.09. The lowest BCUT2D eigenvalue weighted by molar-refractivity contribution is -0.0954. The molecule has 1 fully saturated rings. The summed E-state index contributed by atoms with van der Waals surface area (Å²) < 4.78 is 7.27. The van der Waals surface area contributed by atoms with Crippen LogP contribution in [0.15, 0.2) is 36.4 Å². The SMILES string of the molecule is C[C@H]1C[C@@]2(C[C@@H](c3ccccc3)N1)OCCc1cc(Cl)sc12. The molecule has 0 saturated carbocycles. The predicted molar refractivity (Wildman–Crippen MR) is 91.7 cm³/mol. The van der Waals surface area contributed by atoms with Crippen LogP contribution >= 0.6 is 22.9 Å². The van der Waals surface area contributed by atoms with Gasteiger partial charge in [-0.05, 0) is 37.0 Å². The smallest absolute Gasteiger partial charge is 0.106 e. The first kappa shape index (κ1) is 14.7. The molecule has 1 N–H and O–H groups in total. The summed E-state index contributed by atoms with van der Waals surface area (Å²) in [7, 11) is 0. The summed E-state index contributed by atoms with van der Waals surface area (Å²) in [5, 5.41) is 3.73. The molecule has 0 amide bonds. The van der Waals surface area contributed by atoms with Crippen LogP contribution in [0.25, 0.3) is 0 Å². The lowest BCUT2D eigenvalue weighted by atomic mass is 9.78. The topological polar surface area (TPSA) is 21.3 Å². The molecule has 0 aliphatic carbocycles. The van der Waals surface area contributed by atoms with Gasteiger partial charge in [0.15, 0.2) is 0 Å². The van der Waals surface area contributed by atoms with Crippen molar-refractivity contribution in [2.45, 2.75) is 43.9 Å². The van der Waals surface area contributed by atoms with E-state index < -0.39 is 0 Å². The van der Waals surface area contributed by atoms with Crippen LogP contribution in [-0.2, 0) is 16.8 Å². The Morgan fingerprint density at radius 2 is 2.09 bits per heavy atom. The van der Waals surface area contributed by atoms with Crippen LogP contribution in [0.2, 0.25) is 4.34 Å². The fraction of sp³-hybridized carbons (Fsp3) is 0.444. The molecule has 0 radical (unpaired) electrons. The summed E-state index contributed by atoms with van der Waals surface area (Å²) in [6.07, 6.45) is 2.98. The van der Waals surface area contributed by atoms with Crippen molar-refractivity contribution in [2.75, 3.05) is 6.61 Å². The fourth-order valence-corrected chi connectivity index (χ4v) is 5.42. The Hall–Kier alpha value is -0.870. The second-order valence-corrected chi connectivity index (χ2v) is 8.12. The third-order valence-electron chi connectivity index (χ3n) is 4.80. The van der Waals surface area contributed by atoms with Gasteiger partial charge in [0.1, 0.15) is 5.60 Å². The maximum Gasteiger partial charge on any atom is 0.106 e. The van der Waals surface area contributed by atoms with E-state index in [9.17, 15) is 0 Å². The van der Waals surface area contributed by atoms with Crippen LogP contribution in [0.3, 0.4) is 0 Å². The molecule has 1 saturated heterocycles. The lowest BCUT2D eigenvalue weighted by Gasteiger charge is -2.46. The van der Waals surface area contributed by atoms with Gasteiger partial charge in [-0.1, -0.05) is 41.9 Å². The Morgan fingerprint density at radius 3 is 2.91 bits per heavy atom. The van der Waals surface area contributed by atoms with Crippen molar-refractivity contribution in [2.24, 2.45) is 0 Å². The van der Waals surface area contributed by atoms with E-state index in [-0.39, 0.29) is 5.60 Å². The Balaban J connectivity index is 1.73. The van der Waals surface area contributed by atoms with E-state index >= 15 is 0 Å². The summed E-state index contributed by atoms with van der Waals surface area (Å²) in [5.74, 6) is 0. The van der Waals surface area contributed by atoms with Crippen molar-refractivity contribution >= 4 is 22.9 Å². The molecule has 2 aliphatic rings. The average Bonchev–Trinajstić information content (AvgIpc) is 2.90. The van der Waals surface area contributed by atoms with E-state index in [0.29, 0.717) is 12.1 Å². The third kappa shape index (κ3) is 2.50. The predicted octanol–water partition coefficient (Wildman–Crippen LogP) is 4.68. The van der Waals surface area contributed by atoms with E-state index in [1.807, 2.05) is 0 Å². The first-order chi connectivity index (χ1) is 10.7. The Bertz CT molecular complexity index is 671. The van der Waals surface area contributed by atoms with Gasteiger partial charge in [0.2, 0.25) is 0 Å². The number of hydrogen-bond acceptors (Lipinski definition) is 3. The van der Waals surface area contributed by atoms with Crippen LogP contribution in [0.5, 0.6) is 0 Å². The van der Waals surface area contributed by atoms with Gasteiger partial charge in [0.25, 0.3) is 0 Å². The maximum absolute atomic E-state index is 6.38. The molecule has 4 heteroatoms. The molecular formula is C18H20ClNOS. The lowest BCUT2D eigenvalue weighted by Crippen LogP contribution is -2.49. The molecule has 1 aromatic heterocycles. The van der Waals surface area contributed by atoms with Gasteiger partial charge in [-0.25, -0.2) is 0 Å². The minimum absolute atomic E-state index is 0.170. The number of rotatable bonds is 1. The molecule has 2 aromatic rings. The van der Waals surface area contributed by atoms with Gasteiger partial charge in [-0.15, -0.1) is 11.3 Å². The Labute approximate surface area is 140 Å². The number of ether oxygens (including phenoxy) is 1. The molecular weight excluding hydrogens is 314 g/mol. The molecule has 116 valence electrons. The van der Waals surface area contributed by atoms with Gasteiger partial charge < -0.3 is 10.1 Å². The van der Waals surface area contributed by atoms with E-state index in [2.05, 4.69) is 48.6 Å². The average molecular weight is 334 g/mol. The number of hydrogen-bond donors (Lipinski definition) is 1. The summed E-state index contributed by atoms with van der Waals surface area (Å²) in [6.45, 7) is 3.05. The molecule has 1 spiro atoms. The summed E-state index contributed by atoms with van der Waals surface area (Å²) in [6, 6.07) is 13.6. The third-order valence-corrected chi connectivity index (χ3v) is 6.29. The molecule has 0 bridgehead atoms. The molecule has 3 atom stereocenters. The molecule has 3 heterocycles. The first-order valence-electron chi connectivity index (χ1n) is 7.90. The molecule has 2 aliphatic heterocycles. The quantitative estimate of drug-likeness (QED) is 0.818. The highest BCUT2D eigenvalue weighted by Crippen LogP contribution is 2.49. The highest BCUT2D eigenvalue weighted by Gasteiger charge is 2.45. The van der Waals surface area contributed by atoms with Crippen molar-refractivity contribution < 1.29 is 4.74 Å². The standard InChI is InChI=1S/C18H20ClNOS/c1-12-10-18(11-15(20-12)13-5-3-2-4-6-13)17-14(7-8-21-18)9-16(19)22-17/h2-6,9,12,15,20H,7-8,10-11H2,1H3/t12-,15-,18-/m0/s1. The number of benzene rings is 1. The highest BCUT2D eigenvalue weighted by molar-refractivity contribution is 7.16. The number of halogens is 1. The van der Waals surface area contributed by atoms with Gasteiger partial charge in [0, 0.05) is 23.4 Å². The highest BCUT2D eigenvalue weighted by atomic mass is 35.5. The molecule has 1 aromatic carbocycles. The van der Waals surface area contributed by atoms with Crippen molar-refractivity contribution in [3.63, 3.8) is 0 Å². The van der Waals surface area contributed by atoms with Gasteiger partial charge >= 0.3 is 0 Å². The van der Waals surface area contributed by atoms with E-state index in [1.165, 1.54) is 16.0 Å². The van der Waals surface area contributed by atoms with Crippen LogP contribution in [0, 0.1) is 0 Å². The van der Waals surface area contributed by atoms with Crippen LogP contribution in [0.1, 0.15) is 41.8 Å². The second kappa shape index (κ2) is 5.64. The molecule has 4 rings (SSSR count). The van der Waals surface area contributed by atoms with Crippen LogP contribution < -0.4 is 5.32 Å². The number of fused-ring (bicyclic) bond motifs is 2.